The topological polar surface area (TPSA) is 35.0 Å². The van der Waals surface area contributed by atoms with Crippen molar-refractivity contribution >= 4 is 0 Å². The van der Waals surface area contributed by atoms with Crippen LogP contribution in [0.5, 0.6) is 5.75 Å². The third-order valence-electron chi connectivity index (χ3n) is 7.39. The zero-order chi connectivity index (χ0) is 23.7. The van der Waals surface area contributed by atoms with Crippen molar-refractivity contribution in [2.24, 2.45) is 5.92 Å². The zero-order valence-corrected chi connectivity index (χ0v) is 21.8. The van der Waals surface area contributed by atoms with Crippen molar-refractivity contribution in [3.8, 4) is 17.1 Å². The Morgan fingerprint density at radius 1 is 0.735 bits per heavy atom. The van der Waals surface area contributed by atoms with Crippen LogP contribution in [-0.2, 0) is 6.42 Å². The Kier molecular flexibility index (Phi) is 13.1. The molecule has 0 bridgehead atoms. The summed E-state index contributed by atoms with van der Waals surface area (Å²) in [7, 11) is 0. The molecule has 1 aromatic carbocycles. The molecular weight excluding hydrogens is 416 g/mol. The first-order chi connectivity index (χ1) is 16.8. The molecule has 188 valence electrons. The SMILES string of the molecule is CCCCCCCCOc1ccc(-c2ncc(CCCCCCCCC3CCCC3)cn2)cc1. The Morgan fingerprint density at radius 3 is 2.06 bits per heavy atom. The van der Waals surface area contributed by atoms with Gasteiger partial charge in [0.2, 0.25) is 0 Å². The van der Waals surface area contributed by atoms with E-state index in [2.05, 4.69) is 29.0 Å². The van der Waals surface area contributed by atoms with Gasteiger partial charge in [-0.25, -0.2) is 9.97 Å². The van der Waals surface area contributed by atoms with Crippen LogP contribution in [0.25, 0.3) is 11.4 Å². The summed E-state index contributed by atoms with van der Waals surface area (Å²) >= 11 is 0. The maximum absolute atomic E-state index is 5.89. The summed E-state index contributed by atoms with van der Waals surface area (Å²) in [6.45, 7) is 3.06. The van der Waals surface area contributed by atoms with Gasteiger partial charge in [0, 0.05) is 18.0 Å². The first-order valence-electron chi connectivity index (χ1n) is 14.4. The van der Waals surface area contributed by atoms with Crippen molar-refractivity contribution in [1.82, 2.24) is 9.97 Å². The van der Waals surface area contributed by atoms with Gasteiger partial charge in [0.05, 0.1) is 6.61 Å². The first-order valence-corrected chi connectivity index (χ1v) is 14.4. The van der Waals surface area contributed by atoms with Gasteiger partial charge >= 0.3 is 0 Å². The first kappa shape index (κ1) is 26.7. The van der Waals surface area contributed by atoms with Crippen LogP contribution in [0.15, 0.2) is 36.7 Å². The third kappa shape index (κ3) is 10.6. The maximum Gasteiger partial charge on any atom is 0.159 e. The van der Waals surface area contributed by atoms with Gasteiger partial charge < -0.3 is 4.74 Å². The highest BCUT2D eigenvalue weighted by atomic mass is 16.5. The molecule has 1 saturated carbocycles. The molecule has 0 N–H and O–H groups in total. The van der Waals surface area contributed by atoms with Gasteiger partial charge in [-0.15, -0.1) is 0 Å². The third-order valence-corrected chi connectivity index (χ3v) is 7.39. The molecule has 2 aromatic rings. The van der Waals surface area contributed by atoms with E-state index >= 15 is 0 Å². The van der Waals surface area contributed by atoms with Crippen molar-refractivity contribution in [1.29, 1.82) is 0 Å². The number of rotatable bonds is 18. The van der Waals surface area contributed by atoms with Crippen LogP contribution in [0.2, 0.25) is 0 Å². The molecule has 0 radical (unpaired) electrons. The second-order valence-corrected chi connectivity index (χ2v) is 10.4. The van der Waals surface area contributed by atoms with Crippen LogP contribution in [0.4, 0.5) is 0 Å². The number of unbranched alkanes of at least 4 members (excludes halogenated alkanes) is 10. The lowest BCUT2D eigenvalue weighted by atomic mass is 9.99. The van der Waals surface area contributed by atoms with Gasteiger partial charge in [0.15, 0.2) is 5.82 Å². The summed E-state index contributed by atoms with van der Waals surface area (Å²) < 4.78 is 5.89. The summed E-state index contributed by atoms with van der Waals surface area (Å²) in [5.41, 5.74) is 2.31. The Balaban J connectivity index is 1.25. The largest absolute Gasteiger partial charge is 0.494 e. The van der Waals surface area contributed by atoms with Gasteiger partial charge in [-0.1, -0.05) is 103 Å². The molecule has 34 heavy (non-hydrogen) atoms. The molecular formula is C31H48N2O. The molecule has 0 atom stereocenters. The molecule has 1 heterocycles. The number of ether oxygens (including phenoxy) is 1. The Hall–Kier alpha value is -1.90. The van der Waals surface area contributed by atoms with Gasteiger partial charge in [0.25, 0.3) is 0 Å². The van der Waals surface area contributed by atoms with Gasteiger partial charge in [-0.3, -0.25) is 0 Å². The van der Waals surface area contributed by atoms with E-state index < -0.39 is 0 Å². The fourth-order valence-electron chi connectivity index (χ4n) is 5.17. The number of hydrogen-bond acceptors (Lipinski definition) is 3. The predicted molar refractivity (Wildman–Crippen MR) is 144 cm³/mol. The summed E-state index contributed by atoms with van der Waals surface area (Å²) in [6.07, 6.45) is 28.5. The predicted octanol–water partition coefficient (Wildman–Crippen LogP) is 9.35. The fraction of sp³-hybridized carbons (Fsp3) is 0.677. The second-order valence-electron chi connectivity index (χ2n) is 10.4. The van der Waals surface area contributed by atoms with Crippen molar-refractivity contribution in [3.05, 3.63) is 42.2 Å². The normalized spacial score (nSPS) is 14.0. The van der Waals surface area contributed by atoms with Gasteiger partial charge in [-0.2, -0.15) is 0 Å². The van der Waals surface area contributed by atoms with Crippen LogP contribution < -0.4 is 4.74 Å². The average molecular weight is 465 g/mol. The molecule has 0 spiro atoms. The van der Waals surface area contributed by atoms with E-state index in [0.29, 0.717) is 0 Å². The molecule has 0 unspecified atom stereocenters. The molecule has 0 saturated heterocycles. The minimum atomic E-state index is 0.800. The highest BCUT2D eigenvalue weighted by molar-refractivity contribution is 5.55. The van der Waals surface area contributed by atoms with Crippen molar-refractivity contribution in [2.75, 3.05) is 6.61 Å². The van der Waals surface area contributed by atoms with Crippen LogP contribution in [0.3, 0.4) is 0 Å². The van der Waals surface area contributed by atoms with E-state index in [1.54, 1.807) is 0 Å². The standard InChI is InChI=1S/C31H48N2O/c1-2-3-4-5-10-15-24-34-30-22-20-29(21-23-30)31-32-25-28(26-33-31)19-12-9-7-6-8-11-16-27-17-13-14-18-27/h20-23,25-27H,2-19,24H2,1H3. The molecule has 1 fully saturated rings. The van der Waals surface area contributed by atoms with Crippen molar-refractivity contribution in [2.45, 2.75) is 122 Å². The zero-order valence-electron chi connectivity index (χ0n) is 21.8. The number of hydrogen-bond donors (Lipinski definition) is 0. The highest BCUT2D eigenvalue weighted by Gasteiger charge is 2.13. The highest BCUT2D eigenvalue weighted by Crippen LogP contribution is 2.29. The number of aromatic nitrogens is 2. The Bertz CT molecular complexity index is 750. The van der Waals surface area contributed by atoms with E-state index in [1.165, 1.54) is 108 Å². The molecule has 1 aliphatic carbocycles. The fourth-order valence-corrected chi connectivity index (χ4v) is 5.17. The van der Waals surface area contributed by atoms with E-state index in [-0.39, 0.29) is 0 Å². The quantitative estimate of drug-likeness (QED) is 0.206. The molecule has 1 aromatic heterocycles. The smallest absolute Gasteiger partial charge is 0.159 e. The van der Waals surface area contributed by atoms with Crippen LogP contribution in [-0.4, -0.2) is 16.6 Å². The number of nitrogens with zero attached hydrogens (tertiary/aromatic N) is 2. The molecule has 3 nitrogen and oxygen atoms in total. The van der Waals surface area contributed by atoms with Crippen molar-refractivity contribution in [3.63, 3.8) is 0 Å². The van der Waals surface area contributed by atoms with Crippen LogP contribution in [0.1, 0.15) is 122 Å². The molecule has 3 rings (SSSR count). The number of benzene rings is 1. The van der Waals surface area contributed by atoms with Gasteiger partial charge in [-0.05, 0) is 55.0 Å². The average Bonchev–Trinajstić information content (AvgIpc) is 3.39. The lowest BCUT2D eigenvalue weighted by Gasteiger charge is -2.08. The molecule has 3 heteroatoms. The van der Waals surface area contributed by atoms with E-state index in [4.69, 9.17) is 4.74 Å². The summed E-state index contributed by atoms with van der Waals surface area (Å²) in [4.78, 5) is 9.23. The summed E-state index contributed by atoms with van der Waals surface area (Å²) in [6, 6.07) is 8.21. The monoisotopic (exact) mass is 464 g/mol. The van der Waals surface area contributed by atoms with Crippen LogP contribution >= 0.6 is 0 Å². The minimum absolute atomic E-state index is 0.800. The summed E-state index contributed by atoms with van der Waals surface area (Å²) in [5.74, 6) is 2.80. The van der Waals surface area contributed by atoms with E-state index in [9.17, 15) is 0 Å². The van der Waals surface area contributed by atoms with Crippen LogP contribution in [0, 0.1) is 5.92 Å². The second kappa shape index (κ2) is 16.7. The number of aryl methyl sites for hydroxylation is 1. The Labute approximate surface area is 209 Å². The van der Waals surface area contributed by atoms with Gasteiger partial charge in [0.1, 0.15) is 5.75 Å². The molecule has 0 amide bonds. The molecule has 1 aliphatic rings. The maximum atomic E-state index is 5.89. The lowest BCUT2D eigenvalue weighted by molar-refractivity contribution is 0.304. The molecule has 0 aliphatic heterocycles. The van der Waals surface area contributed by atoms with E-state index in [0.717, 1.165) is 42.5 Å². The van der Waals surface area contributed by atoms with E-state index in [1.807, 2.05) is 24.5 Å². The lowest BCUT2D eigenvalue weighted by Crippen LogP contribution is -1.97. The summed E-state index contributed by atoms with van der Waals surface area (Å²) in [5, 5.41) is 0. The van der Waals surface area contributed by atoms with Crippen molar-refractivity contribution < 1.29 is 4.74 Å². The Morgan fingerprint density at radius 2 is 1.35 bits per heavy atom. The minimum Gasteiger partial charge on any atom is -0.494 e.